The van der Waals surface area contributed by atoms with Crippen molar-refractivity contribution in [2.75, 3.05) is 5.73 Å². The van der Waals surface area contributed by atoms with E-state index in [1.165, 1.54) is 19.3 Å². The molecule has 0 aliphatic rings. The van der Waals surface area contributed by atoms with Crippen molar-refractivity contribution >= 4 is 23.0 Å². The molecule has 0 bridgehead atoms. The van der Waals surface area contributed by atoms with Crippen LogP contribution in [-0.2, 0) is 4.74 Å². The summed E-state index contributed by atoms with van der Waals surface area (Å²) >= 11 is 5.26. The number of anilines is 1. The molecule has 2 N–H and O–H groups in total. The Morgan fingerprint density at radius 2 is 2.06 bits per heavy atom. The number of hydrogen-bond acceptors (Lipinski definition) is 3. The van der Waals surface area contributed by atoms with Crippen molar-refractivity contribution in [3.63, 3.8) is 0 Å². The minimum atomic E-state index is 0.161. The maximum Gasteiger partial charge on any atom is 0.193 e. The van der Waals surface area contributed by atoms with Crippen molar-refractivity contribution in [1.82, 2.24) is 0 Å². The van der Waals surface area contributed by atoms with Crippen molar-refractivity contribution in [3.05, 3.63) is 29.8 Å². The summed E-state index contributed by atoms with van der Waals surface area (Å²) in [6.45, 7) is 4.25. The van der Waals surface area contributed by atoms with E-state index >= 15 is 0 Å². The van der Waals surface area contributed by atoms with Crippen molar-refractivity contribution in [2.45, 2.75) is 45.6 Å². The van der Waals surface area contributed by atoms with E-state index in [-0.39, 0.29) is 6.10 Å². The van der Waals surface area contributed by atoms with Gasteiger partial charge in [-0.3, -0.25) is 0 Å². The molecule has 1 atom stereocenters. The molecule has 17 heavy (non-hydrogen) atoms. The molecule has 2 nitrogen and oxygen atoms in total. The van der Waals surface area contributed by atoms with Crippen LogP contribution in [0, 0.1) is 0 Å². The Morgan fingerprint density at radius 1 is 1.35 bits per heavy atom. The number of benzene rings is 1. The number of rotatable bonds is 6. The monoisotopic (exact) mass is 251 g/mol. The first-order chi connectivity index (χ1) is 8.15. The van der Waals surface area contributed by atoms with Crippen LogP contribution < -0.4 is 5.73 Å². The summed E-state index contributed by atoms with van der Waals surface area (Å²) in [4.78, 5) is 0. The van der Waals surface area contributed by atoms with E-state index in [0.717, 1.165) is 12.0 Å². The van der Waals surface area contributed by atoms with Crippen LogP contribution in [0.5, 0.6) is 0 Å². The number of thiocarbonyl (C=S) groups is 1. The molecule has 0 saturated carbocycles. The van der Waals surface area contributed by atoms with Gasteiger partial charge in [0.15, 0.2) is 5.05 Å². The summed E-state index contributed by atoms with van der Waals surface area (Å²) in [7, 11) is 0. The van der Waals surface area contributed by atoms with E-state index in [2.05, 4.69) is 13.8 Å². The quantitative estimate of drug-likeness (QED) is 0.472. The molecule has 94 valence electrons. The minimum Gasteiger partial charge on any atom is -0.480 e. The lowest BCUT2D eigenvalue weighted by atomic mass is 10.1. The molecule has 0 aliphatic carbocycles. The van der Waals surface area contributed by atoms with Crippen LogP contribution >= 0.6 is 12.2 Å². The molecule has 0 heterocycles. The second-order valence-corrected chi connectivity index (χ2v) is 4.67. The van der Waals surface area contributed by atoms with Gasteiger partial charge in [0.05, 0.1) is 11.7 Å². The van der Waals surface area contributed by atoms with Gasteiger partial charge in [0.25, 0.3) is 0 Å². The summed E-state index contributed by atoms with van der Waals surface area (Å²) in [5.74, 6) is 0. The molecule has 0 aromatic heterocycles. The van der Waals surface area contributed by atoms with Crippen molar-refractivity contribution in [1.29, 1.82) is 0 Å². The highest BCUT2D eigenvalue weighted by Crippen LogP contribution is 2.15. The molecule has 0 unspecified atom stereocenters. The van der Waals surface area contributed by atoms with Crippen LogP contribution in [0.2, 0.25) is 0 Å². The Bertz CT molecular complexity index is 365. The summed E-state index contributed by atoms with van der Waals surface area (Å²) < 4.78 is 5.72. The first-order valence-corrected chi connectivity index (χ1v) is 6.61. The fourth-order valence-corrected chi connectivity index (χ4v) is 2.02. The van der Waals surface area contributed by atoms with E-state index in [1.54, 1.807) is 0 Å². The Hall–Kier alpha value is -1.09. The molecule has 0 radical (unpaired) electrons. The van der Waals surface area contributed by atoms with E-state index < -0.39 is 0 Å². The highest BCUT2D eigenvalue weighted by Gasteiger charge is 2.10. The zero-order valence-electron chi connectivity index (χ0n) is 10.6. The topological polar surface area (TPSA) is 35.2 Å². The standard InChI is InChI=1S/C14H21NOS/c1-3-4-5-8-11(2)16-14(17)12-9-6-7-10-13(12)15/h6-7,9-11H,3-5,8,15H2,1-2H3/t11-/m0/s1. The molecule has 0 amide bonds. The molecule has 1 rings (SSSR count). The highest BCUT2D eigenvalue weighted by molar-refractivity contribution is 7.80. The predicted molar refractivity (Wildman–Crippen MR) is 77.2 cm³/mol. The molecule has 3 heteroatoms. The number of ether oxygens (including phenoxy) is 1. The Labute approximate surface area is 109 Å². The zero-order chi connectivity index (χ0) is 12.7. The van der Waals surface area contributed by atoms with Gasteiger partial charge in [-0.15, -0.1) is 0 Å². The third kappa shape index (κ3) is 4.73. The number of hydrogen-bond donors (Lipinski definition) is 1. The van der Waals surface area contributed by atoms with Gasteiger partial charge in [0.1, 0.15) is 0 Å². The number of nitrogen functional groups attached to an aromatic ring is 1. The van der Waals surface area contributed by atoms with Crippen LogP contribution in [0.1, 0.15) is 45.1 Å². The summed E-state index contributed by atoms with van der Waals surface area (Å²) in [6, 6.07) is 7.55. The Kier molecular flexibility index (Phi) is 5.98. The molecule has 0 fully saturated rings. The van der Waals surface area contributed by atoms with Crippen LogP contribution in [0.4, 0.5) is 5.69 Å². The van der Waals surface area contributed by atoms with Gasteiger partial charge in [0.2, 0.25) is 0 Å². The van der Waals surface area contributed by atoms with Gasteiger partial charge < -0.3 is 10.5 Å². The average Bonchev–Trinajstić information content (AvgIpc) is 2.29. The highest BCUT2D eigenvalue weighted by atomic mass is 32.1. The lowest BCUT2D eigenvalue weighted by Crippen LogP contribution is -2.15. The molecule has 1 aromatic rings. The normalized spacial score (nSPS) is 12.1. The van der Waals surface area contributed by atoms with Gasteiger partial charge in [-0.1, -0.05) is 31.9 Å². The predicted octanol–water partition coefficient (Wildman–Crippen LogP) is 3.93. The van der Waals surface area contributed by atoms with Crippen molar-refractivity contribution in [3.8, 4) is 0 Å². The van der Waals surface area contributed by atoms with Gasteiger partial charge in [-0.25, -0.2) is 0 Å². The lowest BCUT2D eigenvalue weighted by molar-refractivity contribution is 0.200. The third-order valence-corrected chi connectivity index (χ3v) is 3.02. The second kappa shape index (κ2) is 7.28. The summed E-state index contributed by atoms with van der Waals surface area (Å²) in [5.41, 5.74) is 7.35. The van der Waals surface area contributed by atoms with Crippen LogP contribution in [0.3, 0.4) is 0 Å². The van der Waals surface area contributed by atoms with E-state index in [0.29, 0.717) is 10.7 Å². The largest absolute Gasteiger partial charge is 0.480 e. The first-order valence-electron chi connectivity index (χ1n) is 6.20. The van der Waals surface area contributed by atoms with Crippen molar-refractivity contribution < 1.29 is 4.74 Å². The number of nitrogens with two attached hydrogens (primary N) is 1. The molecule has 0 spiro atoms. The summed E-state index contributed by atoms with van der Waals surface area (Å²) in [6.07, 6.45) is 4.86. The smallest absolute Gasteiger partial charge is 0.193 e. The van der Waals surface area contributed by atoms with Gasteiger partial charge in [-0.05, 0) is 44.1 Å². The molecule has 0 saturated heterocycles. The lowest BCUT2D eigenvalue weighted by Gasteiger charge is -2.16. The molecular weight excluding hydrogens is 230 g/mol. The third-order valence-electron chi connectivity index (χ3n) is 2.70. The first kappa shape index (κ1) is 14.0. The van der Waals surface area contributed by atoms with Gasteiger partial charge in [-0.2, -0.15) is 0 Å². The maximum absolute atomic E-state index is 5.85. The Balaban J connectivity index is 2.46. The van der Waals surface area contributed by atoms with E-state index in [4.69, 9.17) is 22.7 Å². The van der Waals surface area contributed by atoms with Crippen LogP contribution in [0.15, 0.2) is 24.3 Å². The van der Waals surface area contributed by atoms with Crippen LogP contribution in [0.25, 0.3) is 0 Å². The fraction of sp³-hybridized carbons (Fsp3) is 0.500. The minimum absolute atomic E-state index is 0.161. The van der Waals surface area contributed by atoms with Gasteiger partial charge in [0, 0.05) is 5.69 Å². The second-order valence-electron chi connectivity index (χ2n) is 4.30. The summed E-state index contributed by atoms with van der Waals surface area (Å²) in [5, 5.41) is 0.507. The molecular formula is C14H21NOS. The van der Waals surface area contributed by atoms with E-state index in [1.807, 2.05) is 24.3 Å². The maximum atomic E-state index is 5.85. The van der Waals surface area contributed by atoms with Crippen molar-refractivity contribution in [2.24, 2.45) is 0 Å². The SMILES string of the molecule is CCCCC[C@H](C)OC(=S)c1ccccc1N. The van der Waals surface area contributed by atoms with Gasteiger partial charge >= 0.3 is 0 Å². The number of para-hydroxylation sites is 1. The number of unbranched alkanes of at least 4 members (excludes halogenated alkanes) is 2. The fourth-order valence-electron chi connectivity index (χ4n) is 1.67. The molecule has 0 aliphatic heterocycles. The molecule has 1 aromatic carbocycles. The van der Waals surface area contributed by atoms with Crippen LogP contribution in [-0.4, -0.2) is 11.2 Å². The average molecular weight is 251 g/mol. The Morgan fingerprint density at radius 3 is 2.71 bits per heavy atom. The van der Waals surface area contributed by atoms with E-state index in [9.17, 15) is 0 Å². The zero-order valence-corrected chi connectivity index (χ0v) is 11.4.